The van der Waals surface area contributed by atoms with E-state index in [-0.39, 0.29) is 6.29 Å². The van der Waals surface area contributed by atoms with E-state index in [0.29, 0.717) is 0 Å². The first-order valence-corrected chi connectivity index (χ1v) is 6.05. The van der Waals surface area contributed by atoms with Gasteiger partial charge in [0.2, 0.25) is 5.91 Å². The van der Waals surface area contributed by atoms with Crippen molar-refractivity contribution >= 4 is 19.9 Å². The van der Waals surface area contributed by atoms with Gasteiger partial charge < -0.3 is 30.5 Å². The Bertz CT molecular complexity index is 362. The van der Waals surface area contributed by atoms with E-state index < -0.39 is 43.8 Å². The number of aliphatic hydroxyl groups excluding tert-OH is 4. The van der Waals surface area contributed by atoms with Crippen LogP contribution in [0.15, 0.2) is 0 Å². The molecule has 0 aromatic heterocycles. The molecule has 1 amide bonds. The summed E-state index contributed by atoms with van der Waals surface area (Å²) in [5, 5.41) is 39.0. The van der Waals surface area contributed by atoms with Crippen LogP contribution in [0.2, 0.25) is 0 Å². The van der Waals surface area contributed by atoms with E-state index in [1.165, 1.54) is 0 Å². The fourth-order valence-corrected chi connectivity index (χ4v) is 1.58. The molecule has 0 aliphatic rings. The van der Waals surface area contributed by atoms with E-state index in [9.17, 15) is 34.0 Å². The molecule has 18 heavy (non-hydrogen) atoms. The van der Waals surface area contributed by atoms with Crippen molar-refractivity contribution < 1.29 is 39.1 Å². The van der Waals surface area contributed by atoms with Crippen LogP contribution in [0.5, 0.6) is 0 Å². The van der Waals surface area contributed by atoms with Crippen molar-refractivity contribution in [1.29, 1.82) is 0 Å². The lowest BCUT2D eigenvalue weighted by molar-refractivity contribution is -0.130. The summed E-state index contributed by atoms with van der Waals surface area (Å²) in [6, 6.07) is -1.54. The van der Waals surface area contributed by atoms with Crippen molar-refractivity contribution in [2.75, 3.05) is 0 Å². The summed E-state index contributed by atoms with van der Waals surface area (Å²) in [7, 11) is -3.44. The third kappa shape index (κ3) is 4.63. The normalized spacial score (nSPS) is 19.2. The number of rotatable bonds is 7. The van der Waals surface area contributed by atoms with Crippen molar-refractivity contribution in [3.05, 3.63) is 0 Å². The molecule has 0 radical (unpaired) electrons. The summed E-state index contributed by atoms with van der Waals surface area (Å²) in [6.07, 6.45) is -6.20. The Morgan fingerprint density at radius 3 is 1.94 bits per heavy atom. The van der Waals surface area contributed by atoms with Crippen molar-refractivity contribution in [1.82, 2.24) is 5.32 Å². The molecule has 0 bridgehead atoms. The highest BCUT2D eigenvalue weighted by Gasteiger charge is 2.37. The first kappa shape index (κ1) is 16.9. The number of hydrogen-bond donors (Lipinski definition) is 5. The van der Waals surface area contributed by atoms with E-state index >= 15 is 0 Å². The summed E-state index contributed by atoms with van der Waals surface area (Å²) < 4.78 is 20.8. The monoisotopic (exact) mass is 283 g/mol. The third-order valence-corrected chi connectivity index (χ3v) is 2.84. The van der Waals surface area contributed by atoms with Gasteiger partial charge in [0.05, 0.1) is 0 Å². The van der Waals surface area contributed by atoms with Crippen LogP contribution in [0.4, 0.5) is 0 Å². The Morgan fingerprint density at radius 2 is 1.61 bits per heavy atom. The van der Waals surface area contributed by atoms with Gasteiger partial charge in [0.15, 0.2) is 5.85 Å². The Morgan fingerprint density at radius 1 is 1.11 bits per heavy atom. The van der Waals surface area contributed by atoms with Gasteiger partial charge >= 0.3 is 7.68 Å². The summed E-state index contributed by atoms with van der Waals surface area (Å²) in [5.41, 5.74) is 0. The molecule has 0 aromatic rings. The minimum atomic E-state index is -3.44. The van der Waals surface area contributed by atoms with Crippen LogP contribution in [0.3, 0.4) is 0 Å². The smallest absolute Gasteiger partial charge is 0.347 e. The first-order valence-electron chi connectivity index (χ1n) is 4.80. The minimum Gasteiger partial charge on any atom is -0.388 e. The molecule has 0 spiro atoms. The number of hydrogen-bond acceptors (Lipinski definition) is 8. The van der Waals surface area contributed by atoms with Crippen LogP contribution in [0.25, 0.3) is 0 Å². The average Bonchev–Trinajstić information content (AvgIpc) is 2.31. The predicted molar refractivity (Wildman–Crippen MR) is 56.0 cm³/mol. The topological polar surface area (TPSA) is 161 Å². The maximum Gasteiger partial charge on any atom is 0.347 e. The van der Waals surface area contributed by atoms with Crippen LogP contribution < -0.4 is 5.32 Å². The van der Waals surface area contributed by atoms with Gasteiger partial charge in [-0.05, 0) is 0 Å². The van der Waals surface area contributed by atoms with Gasteiger partial charge in [0, 0.05) is 6.92 Å². The Balaban J connectivity index is 4.79. The second-order valence-corrected chi connectivity index (χ2v) is 4.63. The maximum absolute atomic E-state index is 10.7. The molecule has 104 valence electrons. The van der Waals surface area contributed by atoms with Gasteiger partial charge in [0.25, 0.3) is 0 Å². The zero-order valence-corrected chi connectivity index (χ0v) is 10.2. The lowest BCUT2D eigenvalue weighted by Gasteiger charge is -2.27. The standard InChI is InChI=1S/C8H14NO8P/c1-3(11)9-4(2-10)5(12)6(13)7(14)8(15)18(16)17/h2,4-8,12-15H,1H3,(H,9,11)/t4-,5+,6-,7-,8?/m0/s1. The zero-order chi connectivity index (χ0) is 14.5. The SMILES string of the molecule is CC(=O)N[C@@H](C=O)[C@@H](O)[C@H](O)[C@H](O)C(O)P(=O)=O. The first-order chi connectivity index (χ1) is 8.22. The summed E-state index contributed by atoms with van der Waals surface area (Å²) in [5.74, 6) is -2.97. The van der Waals surface area contributed by atoms with Crippen LogP contribution in [-0.2, 0) is 18.7 Å². The molecular formula is C8H14NO8P. The molecule has 0 saturated heterocycles. The number of aldehydes is 1. The number of aliphatic hydroxyl groups is 4. The molecule has 5 N–H and O–H groups in total. The van der Waals surface area contributed by atoms with Gasteiger partial charge in [-0.3, -0.25) is 4.79 Å². The quantitative estimate of drug-likeness (QED) is 0.248. The average molecular weight is 283 g/mol. The largest absolute Gasteiger partial charge is 0.388 e. The molecule has 0 aromatic carbocycles. The highest BCUT2D eigenvalue weighted by molar-refractivity contribution is 7.31. The Kier molecular flexibility index (Phi) is 6.89. The lowest BCUT2D eigenvalue weighted by atomic mass is 10.0. The van der Waals surface area contributed by atoms with E-state index in [4.69, 9.17) is 5.11 Å². The molecule has 0 saturated carbocycles. The van der Waals surface area contributed by atoms with E-state index in [1.54, 1.807) is 0 Å². The van der Waals surface area contributed by atoms with Crippen LogP contribution in [0.1, 0.15) is 6.92 Å². The van der Waals surface area contributed by atoms with Crippen LogP contribution in [-0.4, -0.2) is 62.8 Å². The summed E-state index contributed by atoms with van der Waals surface area (Å²) in [6.45, 7) is 1.05. The molecule has 0 heterocycles. The number of amides is 1. The molecule has 5 atom stereocenters. The minimum absolute atomic E-state index is 0.103. The maximum atomic E-state index is 10.7. The second-order valence-electron chi connectivity index (χ2n) is 3.53. The number of nitrogens with one attached hydrogen (secondary N) is 1. The van der Waals surface area contributed by atoms with Crippen molar-refractivity contribution in [3.63, 3.8) is 0 Å². The second kappa shape index (κ2) is 7.34. The molecular weight excluding hydrogens is 269 g/mol. The van der Waals surface area contributed by atoms with Crippen LogP contribution in [0, 0.1) is 0 Å². The van der Waals surface area contributed by atoms with Gasteiger partial charge in [-0.1, -0.05) is 0 Å². The highest BCUT2D eigenvalue weighted by atomic mass is 31.1. The van der Waals surface area contributed by atoms with E-state index in [1.807, 2.05) is 5.32 Å². The predicted octanol–water partition coefficient (Wildman–Crippen LogP) is -2.74. The highest BCUT2D eigenvalue weighted by Crippen LogP contribution is 2.19. The number of carbonyl (C=O) groups excluding carboxylic acids is 2. The summed E-state index contributed by atoms with van der Waals surface area (Å²) in [4.78, 5) is 21.2. The Labute approximate surface area is 102 Å². The molecule has 0 aliphatic heterocycles. The number of carbonyl (C=O) groups is 2. The Hall–Kier alpha value is -1.12. The molecule has 10 heteroatoms. The van der Waals surface area contributed by atoms with Gasteiger partial charge in [-0.15, -0.1) is 0 Å². The van der Waals surface area contributed by atoms with E-state index in [2.05, 4.69) is 0 Å². The molecule has 0 fully saturated rings. The summed E-state index contributed by atoms with van der Waals surface area (Å²) >= 11 is 0. The molecule has 9 nitrogen and oxygen atoms in total. The van der Waals surface area contributed by atoms with Crippen molar-refractivity contribution in [2.24, 2.45) is 0 Å². The van der Waals surface area contributed by atoms with Crippen molar-refractivity contribution in [2.45, 2.75) is 37.1 Å². The van der Waals surface area contributed by atoms with Gasteiger partial charge in [-0.2, -0.15) is 0 Å². The van der Waals surface area contributed by atoms with Gasteiger partial charge in [-0.25, -0.2) is 9.13 Å². The van der Waals surface area contributed by atoms with E-state index in [0.717, 1.165) is 6.92 Å². The fourth-order valence-electron chi connectivity index (χ4n) is 1.15. The third-order valence-electron chi connectivity index (χ3n) is 2.11. The molecule has 0 rings (SSSR count). The lowest BCUT2D eigenvalue weighted by Crippen LogP contribution is -2.54. The van der Waals surface area contributed by atoms with Gasteiger partial charge in [0.1, 0.15) is 30.6 Å². The van der Waals surface area contributed by atoms with Crippen molar-refractivity contribution in [3.8, 4) is 0 Å². The molecule has 1 unspecified atom stereocenters. The van der Waals surface area contributed by atoms with Crippen LogP contribution >= 0.6 is 7.68 Å². The fraction of sp³-hybridized carbons (Fsp3) is 0.750. The molecule has 0 aliphatic carbocycles. The zero-order valence-electron chi connectivity index (χ0n) is 9.33.